The Labute approximate surface area is 141 Å². The van der Waals surface area contributed by atoms with Gasteiger partial charge in [-0.3, -0.25) is 0 Å². The smallest absolute Gasteiger partial charge is 0.0185 e. The quantitative estimate of drug-likeness (QED) is 0.214. The zero-order valence-corrected chi connectivity index (χ0v) is 14.0. The lowest BCUT2D eigenvalue weighted by Gasteiger charge is -2.12. The zero-order chi connectivity index (χ0) is 15.6. The molecule has 0 N–H and O–H groups in total. The molecule has 0 bridgehead atoms. The molecule has 0 aromatic heterocycles. The summed E-state index contributed by atoms with van der Waals surface area (Å²) in [5, 5.41) is 8.25. The average Bonchev–Trinajstić information content (AvgIpc) is 2.59. The standard InChI is InChI=1S/C22H20S/c1-2-3-4-12-23-15-16-13-19-10-8-17-6-5-7-18-9-11-20(14-16)22(19)21(17)18/h2,5-11,13-14H,1,3-4,12,15H2. The monoisotopic (exact) mass is 316 g/mol. The Morgan fingerprint density at radius 2 is 1.43 bits per heavy atom. The molecule has 114 valence electrons. The van der Waals surface area contributed by atoms with Gasteiger partial charge >= 0.3 is 0 Å². The molecule has 0 saturated heterocycles. The Balaban J connectivity index is 1.73. The van der Waals surface area contributed by atoms with Gasteiger partial charge in [-0.15, -0.1) is 6.58 Å². The maximum atomic E-state index is 3.79. The van der Waals surface area contributed by atoms with Gasteiger partial charge in [0.2, 0.25) is 0 Å². The van der Waals surface area contributed by atoms with E-state index in [1.807, 2.05) is 17.8 Å². The van der Waals surface area contributed by atoms with Gasteiger partial charge in [0.15, 0.2) is 0 Å². The molecule has 0 aliphatic rings. The van der Waals surface area contributed by atoms with Crippen molar-refractivity contribution < 1.29 is 0 Å². The summed E-state index contributed by atoms with van der Waals surface area (Å²) in [4.78, 5) is 0. The Hall–Kier alpha value is -1.99. The van der Waals surface area contributed by atoms with Crippen molar-refractivity contribution in [2.75, 3.05) is 5.75 Å². The number of benzene rings is 4. The fraction of sp³-hybridized carbons (Fsp3) is 0.182. The molecule has 0 unspecified atom stereocenters. The lowest BCUT2D eigenvalue weighted by Crippen LogP contribution is -1.88. The van der Waals surface area contributed by atoms with Crippen LogP contribution in [-0.4, -0.2) is 5.75 Å². The Morgan fingerprint density at radius 1 is 0.826 bits per heavy atom. The molecule has 0 nitrogen and oxygen atoms in total. The molecule has 4 rings (SSSR count). The van der Waals surface area contributed by atoms with Crippen molar-refractivity contribution in [2.45, 2.75) is 18.6 Å². The van der Waals surface area contributed by atoms with E-state index in [2.05, 4.69) is 61.2 Å². The highest BCUT2D eigenvalue weighted by molar-refractivity contribution is 7.98. The molecule has 0 radical (unpaired) electrons. The van der Waals surface area contributed by atoms with Crippen molar-refractivity contribution in [3.8, 4) is 0 Å². The van der Waals surface area contributed by atoms with E-state index in [1.165, 1.54) is 50.1 Å². The summed E-state index contributed by atoms with van der Waals surface area (Å²) in [7, 11) is 0. The number of allylic oxidation sites excluding steroid dienone is 1. The second-order valence-corrected chi connectivity index (χ2v) is 7.22. The molecule has 0 aliphatic heterocycles. The molecule has 0 fully saturated rings. The first-order chi connectivity index (χ1) is 11.4. The summed E-state index contributed by atoms with van der Waals surface area (Å²) < 4.78 is 0. The molecular formula is C22H20S. The summed E-state index contributed by atoms with van der Waals surface area (Å²) in [5.74, 6) is 2.30. The van der Waals surface area contributed by atoms with Crippen molar-refractivity contribution in [3.63, 3.8) is 0 Å². The summed E-state index contributed by atoms with van der Waals surface area (Å²) in [6.07, 6.45) is 4.35. The SMILES string of the molecule is C=CCCCSCc1cc2ccc3cccc4ccc(c1)c2c34. The van der Waals surface area contributed by atoms with Gasteiger partial charge in [-0.25, -0.2) is 0 Å². The molecule has 4 aromatic rings. The molecule has 0 saturated carbocycles. The molecule has 23 heavy (non-hydrogen) atoms. The molecule has 0 spiro atoms. The van der Waals surface area contributed by atoms with Crippen molar-refractivity contribution in [3.05, 3.63) is 72.8 Å². The maximum absolute atomic E-state index is 3.79. The molecule has 1 heteroatoms. The van der Waals surface area contributed by atoms with Gasteiger partial charge in [0, 0.05) is 5.75 Å². The van der Waals surface area contributed by atoms with Crippen LogP contribution >= 0.6 is 11.8 Å². The predicted octanol–water partition coefficient (Wildman–Crippen LogP) is 6.78. The van der Waals surface area contributed by atoms with Crippen LogP contribution in [0.2, 0.25) is 0 Å². The fourth-order valence-corrected chi connectivity index (χ4v) is 4.34. The van der Waals surface area contributed by atoms with E-state index in [4.69, 9.17) is 0 Å². The maximum Gasteiger partial charge on any atom is 0.0185 e. The van der Waals surface area contributed by atoms with Gasteiger partial charge < -0.3 is 0 Å². The van der Waals surface area contributed by atoms with Crippen LogP contribution in [0.4, 0.5) is 0 Å². The molecule has 0 amide bonds. The van der Waals surface area contributed by atoms with Crippen LogP contribution in [0.25, 0.3) is 32.3 Å². The average molecular weight is 316 g/mol. The minimum atomic E-state index is 1.09. The first-order valence-electron chi connectivity index (χ1n) is 8.22. The van der Waals surface area contributed by atoms with Crippen molar-refractivity contribution in [2.24, 2.45) is 0 Å². The van der Waals surface area contributed by atoms with Crippen molar-refractivity contribution in [1.82, 2.24) is 0 Å². The van der Waals surface area contributed by atoms with Crippen LogP contribution in [-0.2, 0) is 5.75 Å². The predicted molar refractivity (Wildman–Crippen MR) is 106 cm³/mol. The lowest BCUT2D eigenvalue weighted by atomic mass is 9.93. The normalized spacial score (nSPS) is 11.7. The van der Waals surface area contributed by atoms with Crippen LogP contribution in [0.3, 0.4) is 0 Å². The highest BCUT2D eigenvalue weighted by Gasteiger charge is 2.08. The van der Waals surface area contributed by atoms with E-state index in [1.54, 1.807) is 0 Å². The molecule has 0 aliphatic carbocycles. The van der Waals surface area contributed by atoms with E-state index < -0.39 is 0 Å². The Kier molecular flexibility index (Phi) is 3.97. The number of thioether (sulfide) groups is 1. The topological polar surface area (TPSA) is 0 Å². The van der Waals surface area contributed by atoms with Crippen molar-refractivity contribution >= 4 is 44.1 Å². The number of rotatable bonds is 6. The fourth-order valence-electron chi connectivity index (χ4n) is 3.42. The van der Waals surface area contributed by atoms with Crippen molar-refractivity contribution in [1.29, 1.82) is 0 Å². The van der Waals surface area contributed by atoms with Gasteiger partial charge in [0.25, 0.3) is 0 Å². The van der Waals surface area contributed by atoms with E-state index in [9.17, 15) is 0 Å². The Bertz CT molecular complexity index is 904. The third-order valence-electron chi connectivity index (χ3n) is 4.49. The van der Waals surface area contributed by atoms with Crippen LogP contribution < -0.4 is 0 Å². The molecule has 0 atom stereocenters. The summed E-state index contributed by atoms with van der Waals surface area (Å²) in [5.41, 5.74) is 1.43. The first kappa shape index (κ1) is 14.6. The van der Waals surface area contributed by atoms with Gasteiger partial charge in [-0.2, -0.15) is 11.8 Å². The van der Waals surface area contributed by atoms with E-state index >= 15 is 0 Å². The van der Waals surface area contributed by atoms with Crippen LogP contribution in [0.15, 0.2) is 67.3 Å². The third-order valence-corrected chi connectivity index (χ3v) is 5.60. The van der Waals surface area contributed by atoms with Crippen LogP contribution in [0.1, 0.15) is 18.4 Å². The zero-order valence-electron chi connectivity index (χ0n) is 13.2. The largest absolute Gasteiger partial charge is 0.157 e. The summed E-state index contributed by atoms with van der Waals surface area (Å²) in [6, 6.07) is 20.4. The van der Waals surface area contributed by atoms with Crippen LogP contribution in [0, 0.1) is 0 Å². The van der Waals surface area contributed by atoms with E-state index in [0.717, 1.165) is 12.2 Å². The number of hydrogen-bond acceptors (Lipinski definition) is 1. The summed E-state index contributed by atoms with van der Waals surface area (Å²) in [6.45, 7) is 3.79. The minimum absolute atomic E-state index is 1.09. The second-order valence-electron chi connectivity index (χ2n) is 6.11. The highest BCUT2D eigenvalue weighted by Crippen LogP contribution is 2.35. The number of unbranched alkanes of at least 4 members (excludes halogenated alkanes) is 1. The van der Waals surface area contributed by atoms with E-state index in [-0.39, 0.29) is 0 Å². The van der Waals surface area contributed by atoms with Gasteiger partial charge in [0.05, 0.1) is 0 Å². The third kappa shape index (κ3) is 2.70. The minimum Gasteiger partial charge on any atom is -0.157 e. The first-order valence-corrected chi connectivity index (χ1v) is 9.37. The van der Waals surface area contributed by atoms with Gasteiger partial charge in [0.1, 0.15) is 0 Å². The lowest BCUT2D eigenvalue weighted by molar-refractivity contribution is 0.973. The second kappa shape index (κ2) is 6.25. The molecule has 4 aromatic carbocycles. The Morgan fingerprint density at radius 3 is 2.09 bits per heavy atom. The highest BCUT2D eigenvalue weighted by atomic mass is 32.2. The van der Waals surface area contributed by atoms with Crippen LogP contribution in [0.5, 0.6) is 0 Å². The molecule has 0 heterocycles. The van der Waals surface area contributed by atoms with Gasteiger partial charge in [-0.05, 0) is 56.5 Å². The van der Waals surface area contributed by atoms with E-state index in [0.29, 0.717) is 0 Å². The molecular weight excluding hydrogens is 296 g/mol. The number of hydrogen-bond donors (Lipinski definition) is 0. The van der Waals surface area contributed by atoms with Gasteiger partial charge in [-0.1, -0.05) is 60.7 Å². The summed E-state index contributed by atoms with van der Waals surface area (Å²) >= 11 is 2.02.